The molecule has 1 saturated heterocycles. The number of amides is 1. The maximum atomic E-state index is 12.9. The van der Waals surface area contributed by atoms with Crippen LogP contribution in [0.25, 0.3) is 5.76 Å². The van der Waals surface area contributed by atoms with Gasteiger partial charge < -0.3 is 14.3 Å². The van der Waals surface area contributed by atoms with Crippen molar-refractivity contribution in [3.63, 3.8) is 0 Å². The van der Waals surface area contributed by atoms with Gasteiger partial charge in [-0.2, -0.15) is 0 Å². The van der Waals surface area contributed by atoms with Gasteiger partial charge in [0.25, 0.3) is 5.78 Å². The van der Waals surface area contributed by atoms with Gasteiger partial charge in [-0.15, -0.1) is 10.2 Å². The normalized spacial score (nSPS) is 18.4. The number of carbonyl (C=O) groups is 2. The molecular weight excluding hydrogens is 406 g/mol. The number of furan rings is 1. The number of Topliss-reactive ketones (excluding diaryl/α,β-unsaturated/α-hetero) is 1. The fraction of sp³-hybridized carbons (Fsp3) is 0.238. The Labute approximate surface area is 176 Å². The molecule has 1 amide bonds. The van der Waals surface area contributed by atoms with Crippen molar-refractivity contribution in [1.29, 1.82) is 0 Å². The molecule has 8 nitrogen and oxygen atoms in total. The third-order valence-electron chi connectivity index (χ3n) is 4.48. The first kappa shape index (κ1) is 19.8. The number of hydrogen-bond donors (Lipinski definition) is 1. The van der Waals surface area contributed by atoms with Crippen molar-refractivity contribution >= 4 is 33.9 Å². The lowest BCUT2D eigenvalue weighted by Gasteiger charge is -2.20. The van der Waals surface area contributed by atoms with E-state index in [1.807, 2.05) is 13.8 Å². The topological polar surface area (TPSA) is 106 Å². The highest BCUT2D eigenvalue weighted by molar-refractivity contribution is 7.15. The lowest BCUT2D eigenvalue weighted by molar-refractivity contribution is -0.132. The van der Waals surface area contributed by atoms with E-state index in [2.05, 4.69) is 10.2 Å². The van der Waals surface area contributed by atoms with Crippen LogP contribution in [-0.4, -0.2) is 33.1 Å². The molecule has 1 aromatic carbocycles. The summed E-state index contributed by atoms with van der Waals surface area (Å²) in [4.78, 5) is 27.0. The lowest BCUT2D eigenvalue weighted by atomic mass is 9.99. The van der Waals surface area contributed by atoms with E-state index < -0.39 is 17.7 Å². The summed E-state index contributed by atoms with van der Waals surface area (Å²) in [6.45, 7) is 5.57. The van der Waals surface area contributed by atoms with E-state index in [4.69, 9.17) is 9.15 Å². The second-order valence-corrected chi connectivity index (χ2v) is 8.14. The highest BCUT2D eigenvalue weighted by Crippen LogP contribution is 2.43. The van der Waals surface area contributed by atoms with Crippen molar-refractivity contribution in [2.45, 2.75) is 32.9 Å². The lowest BCUT2D eigenvalue weighted by Crippen LogP contribution is -2.29. The molecule has 0 radical (unpaired) electrons. The smallest absolute Gasteiger partial charge is 0.302 e. The standard InChI is InChI=1S/C21H19N3O5S/c1-11(2)29-14-8-6-13(7-9-14)18(25)16-17(15-5-4-10-28-15)24(20(27)19(16)26)21-23-22-12(3)30-21/h4-11,17,25H,1-3H3/t17-/m1/s1. The monoisotopic (exact) mass is 425 g/mol. The number of aliphatic hydroxyl groups excluding tert-OH is 1. The Kier molecular flexibility index (Phi) is 5.13. The number of rotatable bonds is 5. The molecule has 1 atom stereocenters. The molecule has 0 bridgehead atoms. The Bertz CT molecular complexity index is 1120. The van der Waals surface area contributed by atoms with Crippen molar-refractivity contribution in [1.82, 2.24) is 10.2 Å². The van der Waals surface area contributed by atoms with Gasteiger partial charge in [-0.3, -0.25) is 14.5 Å². The maximum Gasteiger partial charge on any atom is 0.302 e. The van der Waals surface area contributed by atoms with E-state index >= 15 is 0 Å². The molecule has 0 saturated carbocycles. The van der Waals surface area contributed by atoms with Crippen LogP contribution in [0.1, 0.15) is 36.2 Å². The van der Waals surface area contributed by atoms with E-state index in [0.717, 1.165) is 0 Å². The SMILES string of the molecule is Cc1nnc(N2C(=O)C(=O)C(=C(O)c3ccc(OC(C)C)cc3)[C@H]2c2ccco2)s1. The summed E-state index contributed by atoms with van der Waals surface area (Å²) in [5.41, 5.74) is 0.314. The van der Waals surface area contributed by atoms with Crippen molar-refractivity contribution in [2.75, 3.05) is 4.90 Å². The number of benzene rings is 1. The van der Waals surface area contributed by atoms with Crippen LogP contribution in [0, 0.1) is 6.92 Å². The highest BCUT2D eigenvalue weighted by Gasteiger charge is 2.49. The second-order valence-electron chi connectivity index (χ2n) is 6.98. The number of aromatic nitrogens is 2. The Morgan fingerprint density at radius 2 is 1.93 bits per heavy atom. The molecule has 1 aliphatic rings. The molecule has 1 N–H and O–H groups in total. The van der Waals surface area contributed by atoms with E-state index in [1.54, 1.807) is 43.3 Å². The number of ketones is 1. The van der Waals surface area contributed by atoms with Gasteiger partial charge >= 0.3 is 5.91 Å². The molecule has 4 rings (SSSR count). The van der Waals surface area contributed by atoms with Gasteiger partial charge in [-0.1, -0.05) is 11.3 Å². The van der Waals surface area contributed by atoms with Crippen LogP contribution in [0.5, 0.6) is 5.75 Å². The number of aliphatic hydroxyl groups is 1. The maximum absolute atomic E-state index is 12.9. The number of nitrogens with zero attached hydrogens (tertiary/aromatic N) is 3. The van der Waals surface area contributed by atoms with Gasteiger partial charge in [0.2, 0.25) is 5.13 Å². The van der Waals surface area contributed by atoms with Gasteiger partial charge in [-0.25, -0.2) is 0 Å². The van der Waals surface area contributed by atoms with Crippen LogP contribution in [0.3, 0.4) is 0 Å². The summed E-state index contributed by atoms with van der Waals surface area (Å²) < 4.78 is 11.1. The van der Waals surface area contributed by atoms with Crippen LogP contribution in [-0.2, 0) is 9.59 Å². The third-order valence-corrected chi connectivity index (χ3v) is 5.32. The van der Waals surface area contributed by atoms with Crippen molar-refractivity contribution in [3.8, 4) is 5.75 Å². The molecule has 3 heterocycles. The fourth-order valence-corrected chi connectivity index (χ4v) is 3.96. The minimum atomic E-state index is -0.945. The van der Waals surface area contributed by atoms with E-state index in [0.29, 0.717) is 22.1 Å². The summed E-state index contributed by atoms with van der Waals surface area (Å²) >= 11 is 1.18. The predicted molar refractivity (Wildman–Crippen MR) is 110 cm³/mol. The molecule has 0 spiro atoms. The summed E-state index contributed by atoms with van der Waals surface area (Å²) in [6.07, 6.45) is 1.45. The molecule has 1 fully saturated rings. The molecular formula is C21H19N3O5S. The first-order valence-electron chi connectivity index (χ1n) is 9.28. The third kappa shape index (κ3) is 3.48. The molecule has 0 unspecified atom stereocenters. The fourth-order valence-electron chi connectivity index (χ4n) is 3.25. The van der Waals surface area contributed by atoms with Crippen LogP contribution in [0.15, 0.2) is 52.7 Å². The number of ether oxygens (including phenoxy) is 1. The van der Waals surface area contributed by atoms with Crippen molar-refractivity contribution in [3.05, 3.63) is 64.6 Å². The molecule has 30 heavy (non-hydrogen) atoms. The molecule has 154 valence electrons. The van der Waals surface area contributed by atoms with Crippen LogP contribution in [0.4, 0.5) is 5.13 Å². The summed E-state index contributed by atoms with van der Waals surface area (Å²) in [5, 5.41) is 19.8. The molecule has 9 heteroatoms. The first-order chi connectivity index (χ1) is 14.4. The summed E-state index contributed by atoms with van der Waals surface area (Å²) in [6, 6.07) is 9.01. The van der Waals surface area contributed by atoms with Gasteiger partial charge in [0.05, 0.1) is 17.9 Å². The van der Waals surface area contributed by atoms with Gasteiger partial charge in [0.15, 0.2) is 0 Å². The van der Waals surface area contributed by atoms with Crippen molar-refractivity contribution < 1.29 is 23.8 Å². The van der Waals surface area contributed by atoms with Crippen LogP contribution in [0.2, 0.25) is 0 Å². The average molecular weight is 425 g/mol. The summed E-state index contributed by atoms with van der Waals surface area (Å²) in [5.74, 6) is -0.940. The molecule has 0 aliphatic carbocycles. The van der Waals surface area contributed by atoms with E-state index in [-0.39, 0.29) is 22.6 Å². The quantitative estimate of drug-likeness (QED) is 0.376. The molecule has 3 aromatic rings. The van der Waals surface area contributed by atoms with Gasteiger partial charge in [0.1, 0.15) is 28.3 Å². The first-order valence-corrected chi connectivity index (χ1v) is 10.1. The predicted octanol–water partition coefficient (Wildman–Crippen LogP) is 3.85. The van der Waals surface area contributed by atoms with Crippen LogP contribution >= 0.6 is 11.3 Å². The number of carbonyl (C=O) groups excluding carboxylic acids is 2. The zero-order valence-electron chi connectivity index (χ0n) is 16.5. The van der Waals surface area contributed by atoms with E-state index in [1.165, 1.54) is 22.5 Å². The van der Waals surface area contributed by atoms with Gasteiger partial charge in [-0.05, 0) is 57.2 Å². The minimum absolute atomic E-state index is 0.00378. The zero-order valence-corrected chi connectivity index (χ0v) is 17.3. The molecule has 2 aromatic heterocycles. The number of aryl methyl sites for hydroxylation is 1. The number of hydrogen-bond acceptors (Lipinski definition) is 8. The second kappa shape index (κ2) is 7.75. The Morgan fingerprint density at radius 1 is 1.20 bits per heavy atom. The average Bonchev–Trinajstić information content (AvgIpc) is 3.43. The zero-order chi connectivity index (χ0) is 21.4. The van der Waals surface area contributed by atoms with Gasteiger partial charge in [0, 0.05) is 5.56 Å². The van der Waals surface area contributed by atoms with Crippen molar-refractivity contribution in [2.24, 2.45) is 0 Å². The largest absolute Gasteiger partial charge is 0.507 e. The Hall–Kier alpha value is -3.46. The van der Waals surface area contributed by atoms with E-state index in [9.17, 15) is 14.7 Å². The number of anilines is 1. The minimum Gasteiger partial charge on any atom is -0.507 e. The Morgan fingerprint density at radius 3 is 2.50 bits per heavy atom. The highest BCUT2D eigenvalue weighted by atomic mass is 32.1. The van der Waals surface area contributed by atoms with Crippen LogP contribution < -0.4 is 9.64 Å². The Balaban J connectivity index is 1.82. The molecule has 1 aliphatic heterocycles. The summed E-state index contributed by atoms with van der Waals surface area (Å²) in [7, 11) is 0.